The van der Waals surface area contributed by atoms with Gasteiger partial charge in [0.2, 0.25) is 5.91 Å². The number of alkyl carbamates (subject to hydrolysis) is 1. The quantitative estimate of drug-likeness (QED) is 0.230. The summed E-state index contributed by atoms with van der Waals surface area (Å²) >= 11 is 6.47. The van der Waals surface area contributed by atoms with Gasteiger partial charge in [-0.15, -0.1) is 6.42 Å². The number of ether oxygens (including phenoxy) is 1. The van der Waals surface area contributed by atoms with Crippen LogP contribution in [0.4, 0.5) is 10.5 Å². The summed E-state index contributed by atoms with van der Waals surface area (Å²) in [6.45, 7) is 9.34. The Bertz CT molecular complexity index is 1440. The molecule has 0 aliphatic carbocycles. The molecule has 8 heteroatoms. The van der Waals surface area contributed by atoms with Gasteiger partial charge in [0.15, 0.2) is 0 Å². The molecular weight excluding hydrogens is 562 g/mol. The third-order valence-electron chi connectivity index (χ3n) is 6.75. The van der Waals surface area contributed by atoms with E-state index in [0.717, 1.165) is 17.5 Å². The van der Waals surface area contributed by atoms with Crippen LogP contribution in [0.1, 0.15) is 68.8 Å². The first kappa shape index (κ1) is 33.2. The van der Waals surface area contributed by atoms with Crippen molar-refractivity contribution in [3.8, 4) is 12.3 Å². The van der Waals surface area contributed by atoms with E-state index in [1.54, 1.807) is 57.2 Å². The fourth-order valence-electron chi connectivity index (χ4n) is 4.69. The Labute approximate surface area is 260 Å². The van der Waals surface area contributed by atoms with Crippen molar-refractivity contribution in [3.63, 3.8) is 0 Å². The molecule has 3 aromatic carbocycles. The van der Waals surface area contributed by atoms with Crippen LogP contribution >= 0.6 is 11.6 Å². The fraction of sp³-hybridized carbons (Fsp3) is 0.343. The summed E-state index contributed by atoms with van der Waals surface area (Å²) in [5, 5.41) is 6.10. The minimum absolute atomic E-state index is 0.191. The van der Waals surface area contributed by atoms with Gasteiger partial charge in [-0.2, -0.15) is 0 Å². The maximum absolute atomic E-state index is 14.6. The zero-order chi connectivity index (χ0) is 31.6. The van der Waals surface area contributed by atoms with Gasteiger partial charge in [-0.25, -0.2) is 4.79 Å². The van der Waals surface area contributed by atoms with Crippen LogP contribution in [0.3, 0.4) is 0 Å². The van der Waals surface area contributed by atoms with Gasteiger partial charge < -0.3 is 20.3 Å². The first-order chi connectivity index (χ1) is 20.4. The second-order valence-electron chi connectivity index (χ2n) is 11.3. The number of hydrogen-bond acceptors (Lipinski definition) is 4. The molecule has 0 heterocycles. The van der Waals surface area contributed by atoms with Crippen LogP contribution in [0.2, 0.25) is 5.02 Å². The van der Waals surface area contributed by atoms with E-state index in [-0.39, 0.29) is 13.0 Å². The third kappa shape index (κ3) is 9.36. The van der Waals surface area contributed by atoms with Crippen LogP contribution in [-0.4, -0.2) is 41.0 Å². The second kappa shape index (κ2) is 15.3. The molecule has 43 heavy (non-hydrogen) atoms. The van der Waals surface area contributed by atoms with Crippen molar-refractivity contribution in [2.45, 2.75) is 71.6 Å². The standard InChI is InChI=1S/C35H40ClN3O4/c1-7-9-22-39(33(41)29(23-25-17-11-10-12-18-25)37-34(42)43-35(4,5)6)31(27-20-14-13-19-26(27)8-2)32(40)38-30-24(3)16-15-21-28(30)36/h2,10-21,29,31H,7,9,22-23H2,1,3-6H3,(H,37,42)(H,38,40). The van der Waals surface area contributed by atoms with Gasteiger partial charge in [0.05, 0.1) is 10.7 Å². The zero-order valence-electron chi connectivity index (χ0n) is 25.4. The summed E-state index contributed by atoms with van der Waals surface area (Å²) < 4.78 is 5.51. The van der Waals surface area contributed by atoms with Crippen molar-refractivity contribution in [2.24, 2.45) is 0 Å². The average molecular weight is 602 g/mol. The molecule has 3 aromatic rings. The van der Waals surface area contributed by atoms with Crippen LogP contribution in [0, 0.1) is 19.3 Å². The molecule has 0 aromatic heterocycles. The molecule has 0 aliphatic rings. The van der Waals surface area contributed by atoms with E-state index < -0.39 is 35.6 Å². The number of amides is 3. The third-order valence-corrected chi connectivity index (χ3v) is 7.06. The molecule has 3 rings (SSSR count). The maximum atomic E-state index is 14.6. The summed E-state index contributed by atoms with van der Waals surface area (Å²) in [4.78, 5) is 43.3. The van der Waals surface area contributed by atoms with Crippen molar-refractivity contribution in [3.05, 3.63) is 100 Å². The van der Waals surface area contributed by atoms with E-state index >= 15 is 0 Å². The Morgan fingerprint density at radius 2 is 1.67 bits per heavy atom. The van der Waals surface area contributed by atoms with E-state index in [9.17, 15) is 14.4 Å². The van der Waals surface area contributed by atoms with Gasteiger partial charge in [-0.05, 0) is 62.9 Å². The largest absolute Gasteiger partial charge is 0.444 e. The number of carbonyl (C=O) groups is 3. The van der Waals surface area contributed by atoms with Crippen molar-refractivity contribution in [1.82, 2.24) is 10.2 Å². The molecule has 0 aliphatic heterocycles. The smallest absolute Gasteiger partial charge is 0.408 e. The van der Waals surface area contributed by atoms with Gasteiger partial charge >= 0.3 is 6.09 Å². The maximum Gasteiger partial charge on any atom is 0.408 e. The number of para-hydroxylation sites is 1. The van der Waals surface area contributed by atoms with Crippen LogP contribution in [0.15, 0.2) is 72.8 Å². The van der Waals surface area contributed by atoms with Crippen molar-refractivity contribution < 1.29 is 19.1 Å². The number of unbranched alkanes of at least 4 members (excludes halogenated alkanes) is 1. The van der Waals surface area contributed by atoms with E-state index in [2.05, 4.69) is 16.6 Å². The lowest BCUT2D eigenvalue weighted by atomic mass is 9.96. The molecule has 2 N–H and O–H groups in total. The van der Waals surface area contributed by atoms with E-state index in [1.807, 2.05) is 50.2 Å². The van der Waals surface area contributed by atoms with Gasteiger partial charge in [-0.3, -0.25) is 9.59 Å². The number of anilines is 1. The summed E-state index contributed by atoms with van der Waals surface area (Å²) in [7, 11) is 0. The van der Waals surface area contributed by atoms with Gasteiger partial charge in [0.25, 0.3) is 5.91 Å². The molecular formula is C35H40ClN3O4. The van der Waals surface area contributed by atoms with Gasteiger partial charge in [0, 0.05) is 18.5 Å². The number of terminal acetylenes is 1. The molecule has 0 radical (unpaired) electrons. The minimum Gasteiger partial charge on any atom is -0.444 e. The Hall–Kier alpha value is -4.28. The molecule has 0 saturated carbocycles. The highest BCUT2D eigenvalue weighted by molar-refractivity contribution is 6.34. The van der Waals surface area contributed by atoms with Gasteiger partial charge in [-0.1, -0.05) is 91.5 Å². The second-order valence-corrected chi connectivity index (χ2v) is 11.7. The number of aryl methyl sites for hydroxylation is 1. The predicted octanol–water partition coefficient (Wildman–Crippen LogP) is 7.07. The lowest BCUT2D eigenvalue weighted by molar-refractivity contribution is -0.140. The van der Waals surface area contributed by atoms with E-state index in [1.165, 1.54) is 4.90 Å². The number of halogens is 1. The number of rotatable bonds is 11. The Balaban J connectivity index is 2.13. The average Bonchev–Trinajstić information content (AvgIpc) is 2.96. The number of nitrogens with zero attached hydrogens (tertiary/aromatic N) is 1. The first-order valence-corrected chi connectivity index (χ1v) is 14.8. The topological polar surface area (TPSA) is 87.7 Å². The molecule has 0 spiro atoms. The SMILES string of the molecule is C#Cc1ccccc1C(C(=O)Nc1c(C)cccc1Cl)N(CCCC)C(=O)C(Cc1ccccc1)NC(=O)OC(C)(C)C. The normalized spacial score (nSPS) is 12.4. The van der Waals surface area contributed by atoms with Crippen LogP contribution in [0.25, 0.3) is 0 Å². The molecule has 0 saturated heterocycles. The molecule has 0 fully saturated rings. The lowest BCUT2D eigenvalue weighted by Crippen LogP contribution is -2.53. The van der Waals surface area contributed by atoms with E-state index in [4.69, 9.17) is 22.8 Å². The van der Waals surface area contributed by atoms with Crippen molar-refractivity contribution in [2.75, 3.05) is 11.9 Å². The number of hydrogen-bond donors (Lipinski definition) is 2. The Morgan fingerprint density at radius 1 is 1.00 bits per heavy atom. The summed E-state index contributed by atoms with van der Waals surface area (Å²) in [6, 6.07) is 19.6. The predicted molar refractivity (Wildman–Crippen MR) is 172 cm³/mol. The number of carbonyl (C=O) groups excluding carboxylic acids is 3. The highest BCUT2D eigenvalue weighted by atomic mass is 35.5. The first-order valence-electron chi connectivity index (χ1n) is 14.4. The number of nitrogens with one attached hydrogen (secondary N) is 2. The highest BCUT2D eigenvalue weighted by Crippen LogP contribution is 2.31. The van der Waals surface area contributed by atoms with Crippen molar-refractivity contribution >= 4 is 35.2 Å². The van der Waals surface area contributed by atoms with Crippen molar-refractivity contribution in [1.29, 1.82) is 0 Å². The van der Waals surface area contributed by atoms with Crippen LogP contribution < -0.4 is 10.6 Å². The summed E-state index contributed by atoms with van der Waals surface area (Å²) in [5.74, 6) is 1.75. The molecule has 226 valence electrons. The molecule has 2 unspecified atom stereocenters. The van der Waals surface area contributed by atoms with Crippen LogP contribution in [0.5, 0.6) is 0 Å². The molecule has 7 nitrogen and oxygen atoms in total. The molecule has 0 bridgehead atoms. The minimum atomic E-state index is -1.11. The highest BCUT2D eigenvalue weighted by Gasteiger charge is 2.37. The van der Waals surface area contributed by atoms with Gasteiger partial charge in [0.1, 0.15) is 17.7 Å². The summed E-state index contributed by atoms with van der Waals surface area (Å²) in [6.07, 6.45) is 6.72. The fourth-order valence-corrected chi connectivity index (χ4v) is 4.96. The molecule has 3 amide bonds. The Kier molecular flexibility index (Phi) is 11.8. The lowest BCUT2D eigenvalue weighted by Gasteiger charge is -2.35. The van der Waals surface area contributed by atoms with Crippen LogP contribution in [-0.2, 0) is 20.7 Å². The van der Waals surface area contributed by atoms with E-state index in [0.29, 0.717) is 28.3 Å². The number of benzene rings is 3. The summed E-state index contributed by atoms with van der Waals surface area (Å²) in [5.41, 5.74) is 2.26. The molecule has 2 atom stereocenters. The zero-order valence-corrected chi connectivity index (χ0v) is 26.2. The monoisotopic (exact) mass is 601 g/mol. The Morgan fingerprint density at radius 3 is 2.30 bits per heavy atom.